The largest absolute Gasteiger partial charge is 0.469 e. The second-order valence-electron chi connectivity index (χ2n) is 5.70. The van der Waals surface area contributed by atoms with Crippen LogP contribution in [-0.2, 0) is 14.3 Å². The fourth-order valence-electron chi connectivity index (χ4n) is 3.42. The molecule has 0 amide bonds. The summed E-state index contributed by atoms with van der Waals surface area (Å²) in [6, 6.07) is 9.18. The Balaban J connectivity index is 1.76. The van der Waals surface area contributed by atoms with Gasteiger partial charge in [-0.1, -0.05) is 18.2 Å². The van der Waals surface area contributed by atoms with Gasteiger partial charge in [0, 0.05) is 12.5 Å². The average Bonchev–Trinajstić information content (AvgIpc) is 2.89. The van der Waals surface area contributed by atoms with Crippen molar-refractivity contribution in [3.63, 3.8) is 0 Å². The van der Waals surface area contributed by atoms with Crippen molar-refractivity contribution in [1.82, 2.24) is 5.32 Å². The van der Waals surface area contributed by atoms with Gasteiger partial charge < -0.3 is 14.8 Å². The third kappa shape index (κ3) is 2.78. The Morgan fingerprint density at radius 2 is 1.95 bits per heavy atom. The predicted octanol–water partition coefficient (Wildman–Crippen LogP) is 1.38. The topological polar surface area (TPSA) is 64.6 Å². The molecule has 5 heteroatoms. The minimum atomic E-state index is -0.413. The maximum Gasteiger partial charge on any atom is 0.338 e. The zero-order chi connectivity index (χ0) is 14.8. The van der Waals surface area contributed by atoms with E-state index in [2.05, 4.69) is 5.32 Å². The number of benzene rings is 1. The lowest BCUT2D eigenvalue weighted by molar-refractivity contribution is -0.153. The van der Waals surface area contributed by atoms with E-state index in [1.807, 2.05) is 6.07 Å². The molecule has 3 unspecified atom stereocenters. The minimum Gasteiger partial charge on any atom is -0.469 e. The van der Waals surface area contributed by atoms with Crippen LogP contribution in [0.5, 0.6) is 0 Å². The molecule has 0 aromatic heterocycles. The number of hydrogen-bond acceptors (Lipinski definition) is 5. The van der Waals surface area contributed by atoms with E-state index in [1.54, 1.807) is 24.3 Å². The molecule has 0 radical (unpaired) electrons. The number of nitrogens with one attached hydrogen (secondary N) is 1. The van der Waals surface area contributed by atoms with Gasteiger partial charge in [-0.2, -0.15) is 0 Å². The Hall–Kier alpha value is -1.88. The standard InChI is InChI=1S/C16H19NO4/c1-20-16(19)14-11-7-12(17-9-11)8-13(14)21-15(18)10-5-3-2-4-6-10/h2-6,11-14,17H,7-9H2,1H3/t11-,12?,13?,14?/m0/s1. The molecule has 5 nitrogen and oxygen atoms in total. The second kappa shape index (κ2) is 5.85. The highest BCUT2D eigenvalue weighted by Crippen LogP contribution is 2.37. The van der Waals surface area contributed by atoms with Crippen LogP contribution in [0.1, 0.15) is 23.2 Å². The monoisotopic (exact) mass is 289 g/mol. The Labute approximate surface area is 123 Å². The van der Waals surface area contributed by atoms with Crippen molar-refractivity contribution in [3.05, 3.63) is 35.9 Å². The van der Waals surface area contributed by atoms with Crippen LogP contribution in [0.25, 0.3) is 0 Å². The van der Waals surface area contributed by atoms with Crippen LogP contribution in [0.2, 0.25) is 0 Å². The van der Waals surface area contributed by atoms with Crippen molar-refractivity contribution in [3.8, 4) is 0 Å². The summed E-state index contributed by atoms with van der Waals surface area (Å²) in [6.45, 7) is 0.782. The van der Waals surface area contributed by atoms with E-state index in [0.29, 0.717) is 18.0 Å². The third-order valence-corrected chi connectivity index (χ3v) is 4.42. The summed E-state index contributed by atoms with van der Waals surface area (Å²) in [7, 11) is 1.38. The van der Waals surface area contributed by atoms with Crippen LogP contribution in [0.3, 0.4) is 0 Å². The van der Waals surface area contributed by atoms with E-state index in [9.17, 15) is 9.59 Å². The first kappa shape index (κ1) is 14.1. The van der Waals surface area contributed by atoms with Crippen molar-refractivity contribution in [2.45, 2.75) is 25.0 Å². The van der Waals surface area contributed by atoms with Crippen LogP contribution in [0.15, 0.2) is 30.3 Å². The maximum atomic E-state index is 12.2. The van der Waals surface area contributed by atoms with Gasteiger partial charge in [0.25, 0.3) is 0 Å². The lowest BCUT2D eigenvalue weighted by Crippen LogP contribution is -2.43. The summed E-state index contributed by atoms with van der Waals surface area (Å²) in [5.41, 5.74) is 0.506. The average molecular weight is 289 g/mol. The molecule has 1 saturated heterocycles. The lowest BCUT2D eigenvalue weighted by atomic mass is 9.78. The van der Waals surface area contributed by atoms with Crippen molar-refractivity contribution in [2.24, 2.45) is 11.8 Å². The molecular formula is C16H19NO4. The molecule has 21 heavy (non-hydrogen) atoms. The fourth-order valence-corrected chi connectivity index (χ4v) is 3.42. The molecule has 1 aromatic carbocycles. The molecule has 112 valence electrons. The molecule has 2 aliphatic rings. The van der Waals surface area contributed by atoms with Gasteiger partial charge in [-0.15, -0.1) is 0 Å². The van der Waals surface area contributed by atoms with Crippen molar-refractivity contribution in [1.29, 1.82) is 0 Å². The highest BCUT2D eigenvalue weighted by molar-refractivity contribution is 5.89. The van der Waals surface area contributed by atoms with E-state index in [-0.39, 0.29) is 23.8 Å². The number of carbonyl (C=O) groups excluding carboxylic acids is 2. The first-order chi connectivity index (χ1) is 10.2. The van der Waals surface area contributed by atoms with E-state index in [1.165, 1.54) is 7.11 Å². The molecule has 3 rings (SSSR count). The van der Waals surface area contributed by atoms with E-state index in [4.69, 9.17) is 9.47 Å². The first-order valence-corrected chi connectivity index (χ1v) is 7.26. The van der Waals surface area contributed by atoms with Crippen LogP contribution >= 0.6 is 0 Å². The Morgan fingerprint density at radius 3 is 2.67 bits per heavy atom. The fraction of sp³-hybridized carbons (Fsp3) is 0.500. The Kier molecular flexibility index (Phi) is 3.92. The summed E-state index contributed by atoms with van der Waals surface area (Å²) in [4.78, 5) is 24.3. The van der Waals surface area contributed by atoms with Crippen LogP contribution in [0, 0.1) is 11.8 Å². The normalized spacial score (nSPS) is 30.7. The van der Waals surface area contributed by atoms with Crippen LogP contribution < -0.4 is 5.32 Å². The highest BCUT2D eigenvalue weighted by atomic mass is 16.6. The molecule has 0 spiro atoms. The third-order valence-electron chi connectivity index (χ3n) is 4.42. The number of fused-ring (bicyclic) bond motifs is 2. The van der Waals surface area contributed by atoms with E-state index < -0.39 is 6.10 Å². The summed E-state index contributed by atoms with van der Waals surface area (Å²) in [6.07, 6.45) is 1.19. The molecule has 1 aromatic rings. The molecule has 2 fully saturated rings. The number of hydrogen-bond donors (Lipinski definition) is 1. The van der Waals surface area contributed by atoms with E-state index in [0.717, 1.165) is 13.0 Å². The van der Waals surface area contributed by atoms with Crippen molar-refractivity contribution < 1.29 is 19.1 Å². The van der Waals surface area contributed by atoms with Gasteiger partial charge in [0.15, 0.2) is 0 Å². The first-order valence-electron chi connectivity index (χ1n) is 7.26. The maximum absolute atomic E-state index is 12.2. The van der Waals surface area contributed by atoms with Crippen LogP contribution in [-0.4, -0.2) is 37.7 Å². The SMILES string of the molecule is COC(=O)C1C(OC(=O)c2ccccc2)CC2C[C@H]1CN2. The summed E-state index contributed by atoms with van der Waals surface area (Å²) >= 11 is 0. The second-order valence-corrected chi connectivity index (χ2v) is 5.70. The zero-order valence-electron chi connectivity index (χ0n) is 12.0. The highest BCUT2D eigenvalue weighted by Gasteiger charge is 2.47. The van der Waals surface area contributed by atoms with Gasteiger partial charge in [-0.05, 0) is 31.0 Å². The number of ether oxygens (including phenoxy) is 2. The van der Waals surface area contributed by atoms with Crippen LogP contribution in [0.4, 0.5) is 0 Å². The smallest absolute Gasteiger partial charge is 0.338 e. The van der Waals surface area contributed by atoms with Gasteiger partial charge in [-0.25, -0.2) is 4.79 Å². The van der Waals surface area contributed by atoms with Crippen molar-refractivity contribution >= 4 is 11.9 Å². The molecular weight excluding hydrogens is 270 g/mol. The molecule has 1 aliphatic carbocycles. The number of rotatable bonds is 3. The summed E-state index contributed by atoms with van der Waals surface area (Å²) < 4.78 is 10.5. The van der Waals surface area contributed by atoms with Gasteiger partial charge >= 0.3 is 11.9 Å². The molecule has 1 N–H and O–H groups in total. The quantitative estimate of drug-likeness (QED) is 0.852. The molecule has 1 aliphatic heterocycles. The summed E-state index contributed by atoms with van der Waals surface area (Å²) in [5, 5.41) is 3.37. The molecule has 1 heterocycles. The van der Waals surface area contributed by atoms with Gasteiger partial charge in [0.2, 0.25) is 0 Å². The van der Waals surface area contributed by atoms with E-state index >= 15 is 0 Å². The van der Waals surface area contributed by atoms with Crippen molar-refractivity contribution in [2.75, 3.05) is 13.7 Å². The minimum absolute atomic E-state index is 0.185. The number of methoxy groups -OCH3 is 1. The number of carbonyl (C=O) groups is 2. The predicted molar refractivity (Wildman–Crippen MR) is 75.7 cm³/mol. The Morgan fingerprint density at radius 1 is 1.19 bits per heavy atom. The Bertz CT molecular complexity index is 530. The van der Waals surface area contributed by atoms with Gasteiger partial charge in [0.05, 0.1) is 18.6 Å². The molecule has 1 saturated carbocycles. The zero-order valence-corrected chi connectivity index (χ0v) is 12.0. The number of esters is 2. The molecule has 4 atom stereocenters. The van der Waals surface area contributed by atoms with Gasteiger partial charge in [-0.3, -0.25) is 4.79 Å². The lowest BCUT2D eigenvalue weighted by Gasteiger charge is -2.33. The van der Waals surface area contributed by atoms with Gasteiger partial charge in [0.1, 0.15) is 6.10 Å². The molecule has 2 bridgehead atoms. The summed E-state index contributed by atoms with van der Waals surface area (Å²) in [5.74, 6) is -0.845.